The maximum atomic E-state index is 12.0. The predicted octanol–water partition coefficient (Wildman–Crippen LogP) is 2.95. The van der Waals surface area contributed by atoms with Gasteiger partial charge >= 0.3 is 0 Å². The molecule has 1 unspecified atom stereocenters. The number of amides is 2. The van der Waals surface area contributed by atoms with Crippen molar-refractivity contribution in [3.8, 4) is 0 Å². The topological polar surface area (TPSA) is 53.0 Å². The molecule has 2 amide bonds. The van der Waals surface area contributed by atoms with Crippen LogP contribution in [0.2, 0.25) is 0 Å². The maximum Gasteiger partial charge on any atom is 0.245 e. The standard InChI is InChI=1S/C14H13N3O2S2/c1-9(18)15-14-16(10(2)19)17-12(21-14)8-20-13(17)11-6-4-3-5-7-11/h3-8,13H,1-2H3. The Bertz CT molecular complexity index is 657. The Morgan fingerprint density at radius 2 is 1.90 bits per heavy atom. The fourth-order valence-electron chi connectivity index (χ4n) is 2.18. The predicted molar refractivity (Wildman–Crippen MR) is 84.9 cm³/mol. The van der Waals surface area contributed by atoms with E-state index in [1.54, 1.807) is 11.8 Å². The minimum absolute atomic E-state index is 0.0164. The van der Waals surface area contributed by atoms with E-state index in [0.717, 1.165) is 10.6 Å². The second-order valence-corrected chi connectivity index (χ2v) is 6.49. The average molecular weight is 319 g/mol. The molecular weight excluding hydrogens is 306 g/mol. The highest BCUT2D eigenvalue weighted by atomic mass is 32.2. The molecule has 5 nitrogen and oxygen atoms in total. The molecule has 2 aliphatic rings. The molecule has 0 radical (unpaired) electrons. The summed E-state index contributed by atoms with van der Waals surface area (Å²) in [4.78, 5) is 27.2. The van der Waals surface area contributed by atoms with Gasteiger partial charge in [-0.15, -0.1) is 0 Å². The maximum absolute atomic E-state index is 12.0. The smallest absolute Gasteiger partial charge is 0.245 e. The van der Waals surface area contributed by atoms with Crippen LogP contribution < -0.4 is 0 Å². The number of carbonyl (C=O) groups excluding carboxylic acids is 2. The van der Waals surface area contributed by atoms with E-state index in [0.29, 0.717) is 5.17 Å². The molecule has 0 N–H and O–H groups in total. The third kappa shape index (κ3) is 2.58. The van der Waals surface area contributed by atoms with Gasteiger partial charge in [0.1, 0.15) is 10.4 Å². The number of hydrogen-bond acceptors (Lipinski definition) is 5. The Morgan fingerprint density at radius 3 is 2.52 bits per heavy atom. The fourth-order valence-corrected chi connectivity index (χ4v) is 4.54. The van der Waals surface area contributed by atoms with E-state index in [1.165, 1.54) is 30.6 Å². The molecule has 7 heteroatoms. The van der Waals surface area contributed by atoms with Gasteiger partial charge in [0.15, 0.2) is 5.17 Å². The van der Waals surface area contributed by atoms with Crippen molar-refractivity contribution in [1.82, 2.24) is 10.0 Å². The third-order valence-corrected chi connectivity index (χ3v) is 5.17. The van der Waals surface area contributed by atoms with E-state index >= 15 is 0 Å². The number of rotatable bonds is 1. The van der Waals surface area contributed by atoms with E-state index in [9.17, 15) is 9.59 Å². The first-order valence-electron chi connectivity index (χ1n) is 6.35. The van der Waals surface area contributed by atoms with Crippen molar-refractivity contribution < 1.29 is 9.59 Å². The number of benzene rings is 1. The van der Waals surface area contributed by atoms with Crippen molar-refractivity contribution in [2.75, 3.05) is 0 Å². The Kier molecular flexibility index (Phi) is 3.77. The summed E-state index contributed by atoms with van der Waals surface area (Å²) in [5.41, 5.74) is 1.10. The zero-order valence-corrected chi connectivity index (χ0v) is 13.1. The highest BCUT2D eigenvalue weighted by Gasteiger charge is 2.43. The van der Waals surface area contributed by atoms with Crippen LogP contribution in [0, 0.1) is 0 Å². The molecule has 2 heterocycles. The Balaban J connectivity index is 1.99. The molecule has 0 saturated carbocycles. The molecule has 1 fully saturated rings. The molecule has 3 rings (SSSR count). The van der Waals surface area contributed by atoms with Crippen LogP contribution >= 0.6 is 23.5 Å². The van der Waals surface area contributed by atoms with Crippen LogP contribution in [0.3, 0.4) is 0 Å². The zero-order chi connectivity index (χ0) is 15.0. The van der Waals surface area contributed by atoms with Gasteiger partial charge in [0, 0.05) is 19.3 Å². The second-order valence-electron chi connectivity index (χ2n) is 4.55. The number of hydrogen-bond donors (Lipinski definition) is 0. The normalized spacial score (nSPS) is 22.5. The second kappa shape index (κ2) is 5.57. The minimum Gasteiger partial charge on any atom is -0.273 e. The quantitative estimate of drug-likeness (QED) is 0.796. The molecule has 108 valence electrons. The highest BCUT2D eigenvalue weighted by Crippen LogP contribution is 2.51. The Morgan fingerprint density at radius 1 is 1.19 bits per heavy atom. The van der Waals surface area contributed by atoms with Crippen LogP contribution in [0.15, 0.2) is 45.8 Å². The van der Waals surface area contributed by atoms with Crippen molar-refractivity contribution in [2.24, 2.45) is 4.99 Å². The van der Waals surface area contributed by atoms with E-state index in [2.05, 4.69) is 4.99 Å². The van der Waals surface area contributed by atoms with Crippen LogP contribution in [-0.4, -0.2) is 27.0 Å². The summed E-state index contributed by atoms with van der Waals surface area (Å²) in [6.45, 7) is 2.86. The summed E-state index contributed by atoms with van der Waals surface area (Å²) < 4.78 is 0. The number of hydrazine groups is 1. The first-order valence-corrected chi connectivity index (χ1v) is 8.11. The largest absolute Gasteiger partial charge is 0.273 e. The molecule has 0 spiro atoms. The summed E-state index contributed by atoms with van der Waals surface area (Å²) in [6.07, 6.45) is 0. The lowest BCUT2D eigenvalue weighted by Crippen LogP contribution is -2.42. The molecule has 21 heavy (non-hydrogen) atoms. The van der Waals surface area contributed by atoms with Gasteiger partial charge in [0.25, 0.3) is 0 Å². The molecule has 0 aromatic heterocycles. The number of aliphatic imine (C=N–C) groups is 1. The van der Waals surface area contributed by atoms with Gasteiger partial charge in [-0.05, 0) is 17.3 Å². The van der Waals surface area contributed by atoms with E-state index in [4.69, 9.17) is 0 Å². The number of thioether (sulfide) groups is 2. The molecule has 0 bridgehead atoms. The van der Waals surface area contributed by atoms with Crippen LogP contribution in [0.1, 0.15) is 24.8 Å². The molecule has 0 aliphatic carbocycles. The van der Waals surface area contributed by atoms with Gasteiger partial charge in [-0.25, -0.2) is 0 Å². The average Bonchev–Trinajstić information content (AvgIpc) is 2.96. The van der Waals surface area contributed by atoms with E-state index in [1.807, 2.05) is 40.7 Å². The number of amidine groups is 1. The van der Waals surface area contributed by atoms with E-state index in [-0.39, 0.29) is 17.2 Å². The summed E-state index contributed by atoms with van der Waals surface area (Å²) in [6, 6.07) is 9.95. The first kappa shape index (κ1) is 14.2. The van der Waals surface area contributed by atoms with E-state index < -0.39 is 0 Å². The molecule has 1 aromatic rings. The van der Waals surface area contributed by atoms with Crippen LogP contribution in [0.4, 0.5) is 0 Å². The van der Waals surface area contributed by atoms with Gasteiger partial charge in [-0.1, -0.05) is 42.1 Å². The minimum atomic E-state index is -0.311. The zero-order valence-electron chi connectivity index (χ0n) is 11.5. The lowest BCUT2D eigenvalue weighted by Gasteiger charge is -2.30. The molecular formula is C14H13N3O2S2. The summed E-state index contributed by atoms with van der Waals surface area (Å²) in [5, 5.41) is 6.70. The fraction of sp³-hybridized carbons (Fsp3) is 0.214. The monoisotopic (exact) mass is 319 g/mol. The number of carbonyl (C=O) groups is 2. The van der Waals surface area contributed by atoms with Crippen molar-refractivity contribution in [2.45, 2.75) is 19.2 Å². The third-order valence-electron chi connectivity index (χ3n) is 2.97. The first-order chi connectivity index (χ1) is 10.1. The van der Waals surface area contributed by atoms with Crippen molar-refractivity contribution in [3.05, 3.63) is 46.3 Å². The number of fused-ring (bicyclic) bond motifs is 1. The van der Waals surface area contributed by atoms with Crippen LogP contribution in [-0.2, 0) is 9.59 Å². The lowest BCUT2D eigenvalue weighted by atomic mass is 10.2. The van der Waals surface area contributed by atoms with Crippen molar-refractivity contribution in [3.63, 3.8) is 0 Å². The Hall–Kier alpha value is -1.73. The van der Waals surface area contributed by atoms with Gasteiger partial charge in [0.2, 0.25) is 11.8 Å². The van der Waals surface area contributed by atoms with Crippen molar-refractivity contribution >= 4 is 40.5 Å². The Labute approximate surface area is 131 Å². The number of nitrogens with zero attached hydrogens (tertiary/aromatic N) is 3. The van der Waals surface area contributed by atoms with Crippen LogP contribution in [0.5, 0.6) is 0 Å². The summed E-state index contributed by atoms with van der Waals surface area (Å²) in [5.74, 6) is -0.469. The van der Waals surface area contributed by atoms with Gasteiger partial charge < -0.3 is 0 Å². The van der Waals surface area contributed by atoms with Gasteiger partial charge in [-0.3, -0.25) is 14.6 Å². The summed E-state index contributed by atoms with van der Waals surface area (Å²) >= 11 is 2.98. The van der Waals surface area contributed by atoms with Gasteiger partial charge in [0.05, 0.1) is 0 Å². The SMILES string of the molecule is CC(=O)N=C1SC2=CSC(c3ccccc3)N2N1C(C)=O. The van der Waals surface area contributed by atoms with Crippen molar-refractivity contribution in [1.29, 1.82) is 0 Å². The molecule has 1 saturated heterocycles. The molecule has 1 aromatic carbocycles. The molecule has 2 aliphatic heterocycles. The summed E-state index contributed by atoms with van der Waals surface area (Å²) in [7, 11) is 0. The highest BCUT2D eigenvalue weighted by molar-refractivity contribution is 8.18. The molecule has 1 atom stereocenters. The lowest BCUT2D eigenvalue weighted by molar-refractivity contribution is -0.134. The van der Waals surface area contributed by atoms with Gasteiger partial charge in [-0.2, -0.15) is 10.0 Å². The van der Waals surface area contributed by atoms with Crippen LogP contribution in [0.25, 0.3) is 0 Å².